The Balaban J connectivity index is 1.37. The summed E-state index contributed by atoms with van der Waals surface area (Å²) >= 11 is 0. The Hall–Kier alpha value is -3.08. The number of aromatic nitrogens is 1. The molecule has 0 spiro atoms. The molecule has 0 bridgehead atoms. The first-order valence-corrected chi connectivity index (χ1v) is 10.3. The van der Waals surface area contributed by atoms with Gasteiger partial charge in [-0.1, -0.05) is 48.5 Å². The van der Waals surface area contributed by atoms with Crippen molar-refractivity contribution in [3.8, 4) is 0 Å². The van der Waals surface area contributed by atoms with Crippen molar-refractivity contribution in [2.24, 2.45) is 5.92 Å². The van der Waals surface area contributed by atoms with Crippen LogP contribution in [-0.2, 0) is 16.0 Å². The minimum absolute atomic E-state index is 0.0333. The maximum absolute atomic E-state index is 12.9. The number of carbonyl (C=O) groups excluding carboxylic acids is 2. The molecular weight excluding hydrogens is 362 g/mol. The molecule has 1 aromatic heterocycles. The molecule has 1 aliphatic heterocycles. The normalized spacial score (nSPS) is 17.8. The van der Waals surface area contributed by atoms with Crippen molar-refractivity contribution in [2.75, 3.05) is 13.1 Å². The summed E-state index contributed by atoms with van der Waals surface area (Å²) in [6, 6.07) is 17.9. The second kappa shape index (κ2) is 8.52. The number of nitrogens with zero attached hydrogens (tertiary/aromatic N) is 1. The fourth-order valence-electron chi connectivity index (χ4n) is 4.13. The molecule has 2 amide bonds. The number of para-hydroxylation sites is 1. The van der Waals surface area contributed by atoms with E-state index in [1.165, 1.54) is 0 Å². The number of aromatic amines is 1. The number of carbonyl (C=O) groups is 2. The van der Waals surface area contributed by atoms with E-state index in [1.807, 2.05) is 72.6 Å². The van der Waals surface area contributed by atoms with Gasteiger partial charge in [-0.15, -0.1) is 0 Å². The molecule has 0 unspecified atom stereocenters. The quantitative estimate of drug-likeness (QED) is 0.697. The number of piperidine rings is 1. The van der Waals surface area contributed by atoms with Crippen LogP contribution in [0.3, 0.4) is 0 Å². The third-order valence-corrected chi connectivity index (χ3v) is 5.82. The van der Waals surface area contributed by atoms with Gasteiger partial charge in [-0.3, -0.25) is 9.59 Å². The van der Waals surface area contributed by atoms with Gasteiger partial charge in [0.05, 0.1) is 18.4 Å². The van der Waals surface area contributed by atoms with Gasteiger partial charge < -0.3 is 15.2 Å². The van der Waals surface area contributed by atoms with Gasteiger partial charge in [0.2, 0.25) is 11.8 Å². The number of nitrogens with one attached hydrogen (secondary N) is 2. The molecule has 2 atom stereocenters. The van der Waals surface area contributed by atoms with Crippen LogP contribution < -0.4 is 5.32 Å². The van der Waals surface area contributed by atoms with Crippen LogP contribution in [0.5, 0.6) is 0 Å². The van der Waals surface area contributed by atoms with Crippen LogP contribution in [-0.4, -0.2) is 34.8 Å². The Morgan fingerprint density at radius 2 is 1.90 bits per heavy atom. The van der Waals surface area contributed by atoms with Crippen LogP contribution in [0.4, 0.5) is 0 Å². The van der Waals surface area contributed by atoms with Crippen LogP contribution in [0, 0.1) is 5.92 Å². The number of hydrogen-bond donors (Lipinski definition) is 2. The molecule has 29 heavy (non-hydrogen) atoms. The molecule has 2 heterocycles. The topological polar surface area (TPSA) is 65.2 Å². The Kier molecular flexibility index (Phi) is 5.65. The van der Waals surface area contributed by atoms with Gasteiger partial charge in [0.25, 0.3) is 0 Å². The van der Waals surface area contributed by atoms with Crippen LogP contribution >= 0.6 is 0 Å². The van der Waals surface area contributed by atoms with E-state index < -0.39 is 0 Å². The largest absolute Gasteiger partial charge is 0.361 e. The predicted octanol–water partition coefficient (Wildman–Crippen LogP) is 3.83. The standard InChI is InChI=1S/C24H27N3O2/c1-17(18-8-3-2-4-9-18)26-24(29)19-10-7-13-27(16-19)23(28)14-20-15-25-22-12-6-5-11-21(20)22/h2-6,8-9,11-12,15,17,19,25H,7,10,13-14,16H2,1H3,(H,26,29)/t17-,19-/m1/s1. The number of rotatable bonds is 5. The monoisotopic (exact) mass is 389 g/mol. The lowest BCUT2D eigenvalue weighted by atomic mass is 9.95. The summed E-state index contributed by atoms with van der Waals surface area (Å²) in [5.74, 6) is -0.0314. The van der Waals surface area contributed by atoms with Gasteiger partial charge in [-0.2, -0.15) is 0 Å². The molecule has 2 aromatic carbocycles. The molecule has 0 radical (unpaired) electrons. The Bertz CT molecular complexity index is 996. The first kappa shape index (κ1) is 19.2. The molecule has 5 nitrogen and oxygen atoms in total. The van der Waals surface area contributed by atoms with Crippen molar-refractivity contribution >= 4 is 22.7 Å². The third kappa shape index (κ3) is 4.34. The number of H-pyrrole nitrogens is 1. The first-order chi connectivity index (χ1) is 14.1. The van der Waals surface area contributed by atoms with Crippen LogP contribution in [0.1, 0.15) is 36.9 Å². The zero-order valence-electron chi connectivity index (χ0n) is 16.7. The zero-order chi connectivity index (χ0) is 20.2. The van der Waals surface area contributed by atoms with Gasteiger partial charge in [-0.25, -0.2) is 0 Å². The van der Waals surface area contributed by atoms with Gasteiger partial charge in [0.15, 0.2) is 0 Å². The highest BCUT2D eigenvalue weighted by atomic mass is 16.2. The molecular formula is C24H27N3O2. The minimum Gasteiger partial charge on any atom is -0.361 e. The van der Waals surface area contributed by atoms with Gasteiger partial charge in [-0.05, 0) is 37.0 Å². The Labute approximate surface area is 171 Å². The summed E-state index contributed by atoms with van der Waals surface area (Å²) in [6.45, 7) is 3.21. The molecule has 5 heteroatoms. The predicted molar refractivity (Wildman–Crippen MR) is 114 cm³/mol. The molecule has 1 saturated heterocycles. The van der Waals surface area contributed by atoms with Crippen molar-refractivity contribution in [3.05, 3.63) is 71.9 Å². The molecule has 3 aromatic rings. The Morgan fingerprint density at radius 3 is 2.72 bits per heavy atom. The fraction of sp³-hybridized carbons (Fsp3) is 0.333. The number of likely N-dealkylation sites (tertiary alicyclic amines) is 1. The fourth-order valence-corrected chi connectivity index (χ4v) is 4.13. The van der Waals surface area contributed by atoms with Crippen molar-refractivity contribution in [3.63, 3.8) is 0 Å². The van der Waals surface area contributed by atoms with Crippen LogP contribution in [0.2, 0.25) is 0 Å². The molecule has 4 rings (SSSR count). The molecule has 0 saturated carbocycles. The molecule has 2 N–H and O–H groups in total. The lowest BCUT2D eigenvalue weighted by molar-refractivity contribution is -0.135. The van der Waals surface area contributed by atoms with Gasteiger partial charge in [0.1, 0.15) is 0 Å². The van der Waals surface area contributed by atoms with E-state index in [0.717, 1.165) is 41.4 Å². The maximum Gasteiger partial charge on any atom is 0.227 e. The molecule has 1 aliphatic rings. The van der Waals surface area contributed by atoms with E-state index in [0.29, 0.717) is 13.0 Å². The van der Waals surface area contributed by atoms with Crippen molar-refractivity contribution in [2.45, 2.75) is 32.2 Å². The van der Waals surface area contributed by atoms with E-state index >= 15 is 0 Å². The van der Waals surface area contributed by atoms with E-state index in [9.17, 15) is 9.59 Å². The van der Waals surface area contributed by atoms with E-state index in [-0.39, 0.29) is 23.8 Å². The highest BCUT2D eigenvalue weighted by Crippen LogP contribution is 2.22. The summed E-state index contributed by atoms with van der Waals surface area (Å²) < 4.78 is 0. The minimum atomic E-state index is -0.151. The van der Waals surface area contributed by atoms with E-state index in [1.54, 1.807) is 0 Å². The smallest absolute Gasteiger partial charge is 0.227 e. The molecule has 150 valence electrons. The maximum atomic E-state index is 12.9. The summed E-state index contributed by atoms with van der Waals surface area (Å²) in [5.41, 5.74) is 3.14. The SMILES string of the molecule is C[C@@H](NC(=O)[C@@H]1CCCN(C(=O)Cc2c[nH]c3ccccc23)C1)c1ccccc1. The Morgan fingerprint density at radius 1 is 1.14 bits per heavy atom. The summed E-state index contributed by atoms with van der Waals surface area (Å²) in [4.78, 5) is 30.8. The number of benzene rings is 2. The van der Waals surface area contributed by atoms with Crippen molar-refractivity contribution < 1.29 is 9.59 Å². The second-order valence-electron chi connectivity index (χ2n) is 7.86. The van der Waals surface area contributed by atoms with Crippen LogP contribution in [0.15, 0.2) is 60.8 Å². The molecule has 1 fully saturated rings. The van der Waals surface area contributed by atoms with Crippen LogP contribution in [0.25, 0.3) is 10.9 Å². The lowest BCUT2D eigenvalue weighted by Crippen LogP contribution is -2.46. The number of fused-ring (bicyclic) bond motifs is 1. The van der Waals surface area contributed by atoms with Gasteiger partial charge >= 0.3 is 0 Å². The number of hydrogen-bond acceptors (Lipinski definition) is 2. The van der Waals surface area contributed by atoms with Gasteiger partial charge in [0, 0.05) is 30.2 Å². The highest BCUT2D eigenvalue weighted by molar-refractivity contribution is 5.89. The average molecular weight is 389 g/mol. The highest BCUT2D eigenvalue weighted by Gasteiger charge is 2.29. The second-order valence-corrected chi connectivity index (χ2v) is 7.86. The molecule has 0 aliphatic carbocycles. The van der Waals surface area contributed by atoms with Crippen molar-refractivity contribution in [1.82, 2.24) is 15.2 Å². The third-order valence-electron chi connectivity index (χ3n) is 5.82. The number of amides is 2. The van der Waals surface area contributed by atoms with E-state index in [2.05, 4.69) is 10.3 Å². The lowest BCUT2D eigenvalue weighted by Gasteiger charge is -2.32. The summed E-state index contributed by atoms with van der Waals surface area (Å²) in [5, 5.41) is 4.20. The van der Waals surface area contributed by atoms with E-state index in [4.69, 9.17) is 0 Å². The summed E-state index contributed by atoms with van der Waals surface area (Å²) in [7, 11) is 0. The average Bonchev–Trinajstić information content (AvgIpc) is 3.17. The summed E-state index contributed by atoms with van der Waals surface area (Å²) in [6.07, 6.45) is 3.96. The first-order valence-electron chi connectivity index (χ1n) is 10.3. The van der Waals surface area contributed by atoms with Crippen molar-refractivity contribution in [1.29, 1.82) is 0 Å². The zero-order valence-corrected chi connectivity index (χ0v) is 16.7.